The first kappa shape index (κ1) is 22.8. The number of amides is 1. The molecule has 0 radical (unpaired) electrons. The van der Waals surface area contributed by atoms with Gasteiger partial charge in [0.2, 0.25) is 0 Å². The summed E-state index contributed by atoms with van der Waals surface area (Å²) in [5.74, 6) is 0.730. The highest BCUT2D eigenvalue weighted by atomic mass is 16.5. The summed E-state index contributed by atoms with van der Waals surface area (Å²) in [7, 11) is 0. The molecule has 0 atom stereocenters. The first-order chi connectivity index (χ1) is 17.2. The van der Waals surface area contributed by atoms with Crippen LogP contribution in [0, 0.1) is 0 Å². The van der Waals surface area contributed by atoms with E-state index in [9.17, 15) is 9.59 Å². The lowest BCUT2D eigenvalue weighted by atomic mass is 10.1. The quantitative estimate of drug-likeness (QED) is 0.417. The van der Waals surface area contributed by atoms with Gasteiger partial charge in [0, 0.05) is 38.1 Å². The van der Waals surface area contributed by atoms with Gasteiger partial charge in [-0.05, 0) is 23.8 Å². The molecule has 0 N–H and O–H groups in total. The first-order valence-electron chi connectivity index (χ1n) is 11.9. The zero-order chi connectivity index (χ0) is 24.0. The Morgan fingerprint density at radius 3 is 2.14 bits per heavy atom. The van der Waals surface area contributed by atoms with E-state index in [1.807, 2.05) is 77.7 Å². The van der Waals surface area contributed by atoms with E-state index in [1.54, 1.807) is 12.1 Å². The molecule has 1 amide bonds. The van der Waals surface area contributed by atoms with Gasteiger partial charge >= 0.3 is 0 Å². The molecule has 0 aliphatic carbocycles. The number of carbonyl (C=O) groups excluding carboxylic acids is 1. The van der Waals surface area contributed by atoms with Crippen molar-refractivity contribution in [1.29, 1.82) is 0 Å². The van der Waals surface area contributed by atoms with Crippen molar-refractivity contribution >= 4 is 16.7 Å². The molecule has 4 aromatic rings. The van der Waals surface area contributed by atoms with Gasteiger partial charge < -0.3 is 9.64 Å². The third-order valence-electron chi connectivity index (χ3n) is 6.32. The van der Waals surface area contributed by atoms with Crippen LogP contribution in [0.15, 0.2) is 89.7 Å². The van der Waals surface area contributed by atoms with Crippen LogP contribution in [-0.2, 0) is 6.54 Å². The maximum atomic E-state index is 13.5. The molecular formula is C28H28N4O3. The van der Waals surface area contributed by atoms with E-state index in [0.717, 1.165) is 30.9 Å². The van der Waals surface area contributed by atoms with Crippen LogP contribution >= 0.6 is 0 Å². The van der Waals surface area contributed by atoms with Gasteiger partial charge in [0.25, 0.3) is 11.5 Å². The fraction of sp³-hybridized carbons (Fsp3) is 0.250. The summed E-state index contributed by atoms with van der Waals surface area (Å²) in [5.41, 5.74) is 1.10. The summed E-state index contributed by atoms with van der Waals surface area (Å²) in [6, 6.07) is 26.7. The van der Waals surface area contributed by atoms with Crippen LogP contribution in [0.3, 0.4) is 0 Å². The van der Waals surface area contributed by atoms with Crippen LogP contribution in [0.25, 0.3) is 10.8 Å². The van der Waals surface area contributed by atoms with Crippen LogP contribution in [0.1, 0.15) is 16.1 Å². The predicted octanol–water partition coefficient (Wildman–Crippen LogP) is 3.28. The Bertz CT molecular complexity index is 1350. The predicted molar refractivity (Wildman–Crippen MR) is 136 cm³/mol. The number of ether oxygens (including phenoxy) is 1. The molecule has 7 heteroatoms. The Balaban J connectivity index is 1.29. The molecule has 5 rings (SSSR count). The Morgan fingerprint density at radius 2 is 1.43 bits per heavy atom. The second kappa shape index (κ2) is 10.5. The van der Waals surface area contributed by atoms with Gasteiger partial charge in [0.05, 0.1) is 11.9 Å². The normalized spacial score (nSPS) is 14.2. The maximum Gasteiger partial charge on any atom is 0.275 e. The van der Waals surface area contributed by atoms with Crippen LogP contribution in [0.4, 0.5) is 0 Å². The second-order valence-electron chi connectivity index (χ2n) is 8.64. The van der Waals surface area contributed by atoms with Crippen molar-refractivity contribution < 1.29 is 9.53 Å². The molecule has 1 aliphatic heterocycles. The van der Waals surface area contributed by atoms with Crippen molar-refractivity contribution in [3.63, 3.8) is 0 Å². The number of hydrogen-bond donors (Lipinski definition) is 0. The summed E-state index contributed by atoms with van der Waals surface area (Å²) in [6.07, 6.45) is 0. The van der Waals surface area contributed by atoms with E-state index in [1.165, 1.54) is 4.68 Å². The molecule has 0 spiro atoms. The third kappa shape index (κ3) is 5.25. The van der Waals surface area contributed by atoms with E-state index < -0.39 is 0 Å². The molecule has 1 aromatic heterocycles. The Kier molecular flexibility index (Phi) is 6.86. The van der Waals surface area contributed by atoms with Crippen LogP contribution in [0.5, 0.6) is 5.75 Å². The highest BCUT2D eigenvalue weighted by Crippen LogP contribution is 2.17. The monoisotopic (exact) mass is 468 g/mol. The first-order valence-corrected chi connectivity index (χ1v) is 11.9. The van der Waals surface area contributed by atoms with Gasteiger partial charge in [-0.25, -0.2) is 4.68 Å². The molecule has 2 heterocycles. The highest BCUT2D eigenvalue weighted by molar-refractivity contribution is 6.04. The van der Waals surface area contributed by atoms with Gasteiger partial charge in [0.1, 0.15) is 12.4 Å². The molecule has 1 fully saturated rings. The summed E-state index contributed by atoms with van der Waals surface area (Å²) in [6.45, 7) is 4.49. The van der Waals surface area contributed by atoms with Gasteiger partial charge in [0.15, 0.2) is 5.69 Å². The second-order valence-corrected chi connectivity index (χ2v) is 8.64. The maximum absolute atomic E-state index is 13.5. The number of para-hydroxylation sites is 1. The Morgan fingerprint density at radius 1 is 0.800 bits per heavy atom. The minimum absolute atomic E-state index is 0.136. The van der Waals surface area contributed by atoms with Crippen LogP contribution in [-0.4, -0.2) is 64.8 Å². The molecule has 3 aromatic carbocycles. The fourth-order valence-corrected chi connectivity index (χ4v) is 4.39. The number of hydrogen-bond acceptors (Lipinski definition) is 5. The summed E-state index contributed by atoms with van der Waals surface area (Å²) >= 11 is 0. The van der Waals surface area contributed by atoms with Crippen molar-refractivity contribution in [3.8, 4) is 5.75 Å². The molecule has 1 saturated heterocycles. The number of fused-ring (bicyclic) bond motifs is 1. The number of nitrogens with zero attached hydrogens (tertiary/aromatic N) is 4. The number of rotatable bonds is 7. The third-order valence-corrected chi connectivity index (χ3v) is 6.32. The lowest BCUT2D eigenvalue weighted by molar-refractivity contribution is 0.0614. The smallest absolute Gasteiger partial charge is 0.275 e. The van der Waals surface area contributed by atoms with Gasteiger partial charge in [-0.15, -0.1) is 0 Å². The average Bonchev–Trinajstić information content (AvgIpc) is 2.91. The molecule has 7 nitrogen and oxygen atoms in total. The highest BCUT2D eigenvalue weighted by Gasteiger charge is 2.25. The van der Waals surface area contributed by atoms with Crippen LogP contribution in [0.2, 0.25) is 0 Å². The lowest BCUT2D eigenvalue weighted by Crippen LogP contribution is -2.50. The molecule has 178 valence electrons. The Hall–Kier alpha value is -3.97. The molecule has 0 bridgehead atoms. The lowest BCUT2D eigenvalue weighted by Gasteiger charge is -2.34. The SMILES string of the molecule is O=C(c1nn(Cc2ccccc2)c(=O)c2ccccc12)N1CCN(CCOc2ccccc2)CC1. The standard InChI is InChI=1S/C28H28N4O3/c33-27-25-14-8-7-13-24(25)26(29-32(27)21-22-9-3-1-4-10-22)28(34)31-17-15-30(16-18-31)19-20-35-23-11-5-2-6-12-23/h1-14H,15-21H2. The van der Waals surface area contributed by atoms with Crippen molar-refractivity contribution in [2.75, 3.05) is 39.3 Å². The summed E-state index contributed by atoms with van der Waals surface area (Å²) in [4.78, 5) is 30.8. The fourth-order valence-electron chi connectivity index (χ4n) is 4.39. The number of piperazine rings is 1. The molecule has 0 unspecified atom stereocenters. The zero-order valence-corrected chi connectivity index (χ0v) is 19.5. The topological polar surface area (TPSA) is 67.7 Å². The summed E-state index contributed by atoms with van der Waals surface area (Å²) in [5, 5.41) is 5.67. The van der Waals surface area contributed by atoms with E-state index in [-0.39, 0.29) is 11.5 Å². The van der Waals surface area contributed by atoms with Gasteiger partial charge in [-0.3, -0.25) is 14.5 Å². The van der Waals surface area contributed by atoms with Gasteiger partial charge in [-0.1, -0.05) is 66.7 Å². The van der Waals surface area contributed by atoms with E-state index in [4.69, 9.17) is 4.74 Å². The largest absolute Gasteiger partial charge is 0.492 e. The average molecular weight is 469 g/mol. The van der Waals surface area contributed by atoms with E-state index in [0.29, 0.717) is 42.7 Å². The molecule has 35 heavy (non-hydrogen) atoms. The van der Waals surface area contributed by atoms with E-state index >= 15 is 0 Å². The van der Waals surface area contributed by atoms with Crippen molar-refractivity contribution in [3.05, 3.63) is 107 Å². The minimum Gasteiger partial charge on any atom is -0.492 e. The van der Waals surface area contributed by atoms with Crippen molar-refractivity contribution in [1.82, 2.24) is 19.6 Å². The van der Waals surface area contributed by atoms with E-state index in [2.05, 4.69) is 10.00 Å². The van der Waals surface area contributed by atoms with Gasteiger partial charge in [-0.2, -0.15) is 5.10 Å². The Labute approximate surface area is 204 Å². The molecular weight excluding hydrogens is 440 g/mol. The number of carbonyl (C=O) groups is 1. The zero-order valence-electron chi connectivity index (χ0n) is 19.5. The van der Waals surface area contributed by atoms with Crippen molar-refractivity contribution in [2.24, 2.45) is 0 Å². The number of benzene rings is 3. The van der Waals surface area contributed by atoms with Crippen LogP contribution < -0.4 is 10.3 Å². The molecule has 0 saturated carbocycles. The minimum atomic E-state index is -0.191. The van der Waals surface area contributed by atoms with Crippen molar-refractivity contribution in [2.45, 2.75) is 6.54 Å². The number of aromatic nitrogens is 2. The summed E-state index contributed by atoms with van der Waals surface area (Å²) < 4.78 is 7.21. The molecule has 1 aliphatic rings.